The van der Waals surface area contributed by atoms with Gasteiger partial charge in [-0.25, -0.2) is 4.98 Å². The molecule has 0 amide bonds. The smallest absolute Gasteiger partial charge is 0.224 e. The minimum absolute atomic E-state index is 0.433. The average molecular weight is 365 g/mol. The molecular formula is C20H23N5O2. The molecule has 0 bridgehead atoms. The number of hydrogen-bond acceptors (Lipinski definition) is 6. The van der Waals surface area contributed by atoms with Gasteiger partial charge in [0.05, 0.1) is 31.7 Å². The number of ether oxygens (including phenoxy) is 2. The van der Waals surface area contributed by atoms with Crippen LogP contribution >= 0.6 is 0 Å². The quantitative estimate of drug-likeness (QED) is 0.668. The van der Waals surface area contributed by atoms with Crippen molar-refractivity contribution in [2.75, 3.05) is 13.7 Å². The first-order chi connectivity index (χ1) is 13.1. The van der Waals surface area contributed by atoms with Crippen molar-refractivity contribution in [2.45, 2.75) is 26.2 Å². The molecule has 1 aliphatic carbocycles. The third-order valence-electron chi connectivity index (χ3n) is 5.13. The van der Waals surface area contributed by atoms with Crippen LogP contribution in [-0.2, 0) is 7.05 Å². The predicted molar refractivity (Wildman–Crippen MR) is 101 cm³/mol. The van der Waals surface area contributed by atoms with E-state index >= 15 is 0 Å². The van der Waals surface area contributed by atoms with E-state index in [1.54, 1.807) is 13.3 Å². The Morgan fingerprint density at radius 3 is 2.63 bits per heavy atom. The lowest BCUT2D eigenvalue weighted by Crippen LogP contribution is -2.06. The van der Waals surface area contributed by atoms with Crippen LogP contribution in [0.2, 0.25) is 0 Å². The third kappa shape index (κ3) is 3.49. The van der Waals surface area contributed by atoms with E-state index < -0.39 is 0 Å². The van der Waals surface area contributed by atoms with E-state index in [0.717, 1.165) is 34.7 Å². The number of aromatic nitrogens is 5. The zero-order valence-electron chi connectivity index (χ0n) is 16.0. The van der Waals surface area contributed by atoms with Crippen LogP contribution in [0.4, 0.5) is 0 Å². The van der Waals surface area contributed by atoms with Gasteiger partial charge in [-0.1, -0.05) is 0 Å². The van der Waals surface area contributed by atoms with Gasteiger partial charge in [0.1, 0.15) is 11.6 Å². The average Bonchev–Trinajstić information content (AvgIpc) is 3.39. The molecular weight excluding hydrogens is 342 g/mol. The molecule has 7 nitrogen and oxygen atoms in total. The monoisotopic (exact) mass is 365 g/mol. The maximum absolute atomic E-state index is 6.12. The molecule has 0 aromatic carbocycles. The second-order valence-electron chi connectivity index (χ2n) is 6.94. The maximum atomic E-state index is 6.12. The van der Waals surface area contributed by atoms with Gasteiger partial charge < -0.3 is 9.47 Å². The van der Waals surface area contributed by atoms with Crippen molar-refractivity contribution in [3.05, 3.63) is 47.9 Å². The molecule has 7 heteroatoms. The summed E-state index contributed by atoms with van der Waals surface area (Å²) in [5.41, 5.74) is 4.02. The fourth-order valence-corrected chi connectivity index (χ4v) is 3.22. The fraction of sp³-hybridized carbons (Fsp3) is 0.400. The standard InChI is InChI=1S/C20H23N5O2/c1-12-17(10-23-25(12)3)18-9-21-13(2)24-20(18)27-11-14-7-16(14)19-6-5-15(26-4)8-22-19/h5-6,8-10,14,16H,7,11H2,1-4H3/t14-,16+/m1/s1. The molecule has 27 heavy (non-hydrogen) atoms. The number of pyridine rings is 1. The Labute approximate surface area is 158 Å². The SMILES string of the molecule is COc1ccc([C@H]2C[C@@H]2COc2nc(C)ncc2-c2cnn(C)c2C)nc1. The van der Waals surface area contributed by atoms with Gasteiger partial charge in [0.2, 0.25) is 5.88 Å². The first-order valence-electron chi connectivity index (χ1n) is 9.02. The lowest BCUT2D eigenvalue weighted by molar-refractivity contribution is 0.285. The molecule has 0 spiro atoms. The Bertz CT molecular complexity index is 952. The molecule has 0 aliphatic heterocycles. The van der Waals surface area contributed by atoms with Crippen LogP contribution in [0.5, 0.6) is 11.6 Å². The van der Waals surface area contributed by atoms with Gasteiger partial charge >= 0.3 is 0 Å². The van der Waals surface area contributed by atoms with Crippen LogP contribution in [0.1, 0.15) is 29.6 Å². The summed E-state index contributed by atoms with van der Waals surface area (Å²) in [6.07, 6.45) is 6.49. The van der Waals surface area contributed by atoms with Crippen LogP contribution in [0.25, 0.3) is 11.1 Å². The Hall–Kier alpha value is -2.96. The molecule has 0 saturated heterocycles. The highest BCUT2D eigenvalue weighted by atomic mass is 16.5. The minimum atomic E-state index is 0.433. The highest BCUT2D eigenvalue weighted by molar-refractivity contribution is 5.69. The van der Waals surface area contributed by atoms with Crippen LogP contribution < -0.4 is 9.47 Å². The van der Waals surface area contributed by atoms with E-state index in [0.29, 0.717) is 30.1 Å². The number of nitrogens with zero attached hydrogens (tertiary/aromatic N) is 5. The highest BCUT2D eigenvalue weighted by Crippen LogP contribution is 2.47. The van der Waals surface area contributed by atoms with Gasteiger partial charge in [-0.15, -0.1) is 0 Å². The van der Waals surface area contributed by atoms with Gasteiger partial charge in [0, 0.05) is 42.0 Å². The lowest BCUT2D eigenvalue weighted by atomic mass is 10.1. The number of rotatable bonds is 6. The van der Waals surface area contributed by atoms with Crippen molar-refractivity contribution in [1.82, 2.24) is 24.7 Å². The molecule has 2 atom stereocenters. The van der Waals surface area contributed by atoms with Crippen LogP contribution in [0, 0.1) is 19.8 Å². The highest BCUT2D eigenvalue weighted by Gasteiger charge is 2.40. The molecule has 140 valence electrons. The molecule has 0 N–H and O–H groups in total. The first-order valence-corrected chi connectivity index (χ1v) is 9.02. The topological polar surface area (TPSA) is 75.0 Å². The summed E-state index contributed by atoms with van der Waals surface area (Å²) in [4.78, 5) is 13.3. The molecule has 4 rings (SSSR count). The lowest BCUT2D eigenvalue weighted by Gasteiger charge is -2.11. The van der Waals surface area contributed by atoms with Gasteiger partial charge in [-0.05, 0) is 32.4 Å². The van der Waals surface area contributed by atoms with Crippen molar-refractivity contribution in [1.29, 1.82) is 0 Å². The largest absolute Gasteiger partial charge is 0.495 e. The summed E-state index contributed by atoms with van der Waals surface area (Å²) < 4.78 is 13.1. The minimum Gasteiger partial charge on any atom is -0.495 e. The van der Waals surface area contributed by atoms with Crippen molar-refractivity contribution in [3.8, 4) is 22.8 Å². The van der Waals surface area contributed by atoms with E-state index in [1.807, 2.05) is 50.1 Å². The molecule has 3 aromatic heterocycles. The molecule has 0 radical (unpaired) electrons. The van der Waals surface area contributed by atoms with E-state index in [9.17, 15) is 0 Å². The van der Waals surface area contributed by atoms with E-state index in [-0.39, 0.29) is 0 Å². The summed E-state index contributed by atoms with van der Waals surface area (Å²) in [5.74, 6) is 2.97. The maximum Gasteiger partial charge on any atom is 0.224 e. The van der Waals surface area contributed by atoms with Gasteiger partial charge in [-0.2, -0.15) is 10.1 Å². The van der Waals surface area contributed by atoms with E-state index in [2.05, 4.69) is 20.1 Å². The van der Waals surface area contributed by atoms with E-state index in [4.69, 9.17) is 9.47 Å². The molecule has 3 aromatic rings. The van der Waals surface area contributed by atoms with Crippen LogP contribution in [0.3, 0.4) is 0 Å². The summed E-state index contributed by atoms with van der Waals surface area (Å²) in [6.45, 7) is 4.51. The second kappa shape index (κ2) is 6.98. The molecule has 3 heterocycles. The van der Waals surface area contributed by atoms with Crippen molar-refractivity contribution < 1.29 is 9.47 Å². The molecule has 1 fully saturated rings. The summed E-state index contributed by atoms with van der Waals surface area (Å²) in [5, 5.41) is 4.32. The number of aryl methyl sites for hydroxylation is 2. The summed E-state index contributed by atoms with van der Waals surface area (Å²) >= 11 is 0. The van der Waals surface area contributed by atoms with Crippen LogP contribution in [-0.4, -0.2) is 38.4 Å². The second-order valence-corrected chi connectivity index (χ2v) is 6.94. The summed E-state index contributed by atoms with van der Waals surface area (Å²) in [7, 11) is 3.57. The Balaban J connectivity index is 1.47. The van der Waals surface area contributed by atoms with Gasteiger partial charge in [-0.3, -0.25) is 9.67 Å². The normalized spacial score (nSPS) is 18.4. The molecule has 1 saturated carbocycles. The Morgan fingerprint density at radius 2 is 1.96 bits per heavy atom. The van der Waals surface area contributed by atoms with Crippen molar-refractivity contribution >= 4 is 0 Å². The molecule has 1 aliphatic rings. The number of methoxy groups -OCH3 is 1. The van der Waals surface area contributed by atoms with Gasteiger partial charge in [0.15, 0.2) is 0 Å². The van der Waals surface area contributed by atoms with E-state index in [1.165, 1.54) is 0 Å². The predicted octanol–water partition coefficient (Wildman–Crippen LogP) is 3.08. The Morgan fingerprint density at radius 1 is 1.11 bits per heavy atom. The Kier molecular flexibility index (Phi) is 4.51. The number of hydrogen-bond donors (Lipinski definition) is 0. The fourth-order valence-electron chi connectivity index (χ4n) is 3.22. The zero-order chi connectivity index (χ0) is 19.0. The zero-order valence-corrected chi connectivity index (χ0v) is 16.0. The third-order valence-corrected chi connectivity index (χ3v) is 5.13. The summed E-state index contributed by atoms with van der Waals surface area (Å²) in [6, 6.07) is 3.98. The molecule has 0 unspecified atom stereocenters. The first kappa shape index (κ1) is 17.5. The van der Waals surface area contributed by atoms with Gasteiger partial charge in [0.25, 0.3) is 0 Å². The van der Waals surface area contributed by atoms with Crippen molar-refractivity contribution in [2.24, 2.45) is 13.0 Å². The van der Waals surface area contributed by atoms with Crippen molar-refractivity contribution in [3.63, 3.8) is 0 Å². The van der Waals surface area contributed by atoms with Crippen LogP contribution in [0.15, 0.2) is 30.7 Å².